The first kappa shape index (κ1) is 19.8. The summed E-state index contributed by atoms with van der Waals surface area (Å²) in [5, 5.41) is 6.67. The van der Waals surface area contributed by atoms with E-state index in [9.17, 15) is 9.59 Å². The average Bonchev–Trinajstić information content (AvgIpc) is 3.19. The highest BCUT2D eigenvalue weighted by Gasteiger charge is 2.39. The quantitative estimate of drug-likeness (QED) is 0.608. The number of carbonyl (C=O) groups is 2. The molecular weight excluding hydrogens is 388 g/mol. The van der Waals surface area contributed by atoms with E-state index >= 15 is 0 Å². The lowest BCUT2D eigenvalue weighted by atomic mass is 9.72. The molecule has 3 N–H and O–H groups in total. The van der Waals surface area contributed by atoms with E-state index in [4.69, 9.17) is 0 Å². The Bertz CT molecular complexity index is 1110. The molecule has 0 saturated carbocycles. The summed E-state index contributed by atoms with van der Waals surface area (Å²) in [6, 6.07) is 15.5. The standard InChI is InChI=1S/C25H28N4O2/c1-29-15-16(10-11-26-25(31)28-24(30)17-6-3-2-4-7-17)12-20-19-8-5-9-21-23(19)18(14-27-21)13-22(20)29/h2-9,14,16,20,22,27H,10-13,15H2,1H3,(H2,26,28,30,31)/t16-,20-,22-/m1/s1. The molecule has 0 spiro atoms. The number of aromatic nitrogens is 1. The average molecular weight is 417 g/mol. The minimum Gasteiger partial charge on any atom is -0.361 e. The molecule has 0 bridgehead atoms. The molecule has 1 aromatic heterocycles. The molecule has 3 aromatic rings. The number of likely N-dealkylation sites (N-methyl/N-ethyl adjacent to an activating group) is 1. The van der Waals surface area contributed by atoms with Crippen LogP contribution in [0.2, 0.25) is 0 Å². The second kappa shape index (κ2) is 8.19. The summed E-state index contributed by atoms with van der Waals surface area (Å²) >= 11 is 0. The number of nitrogens with one attached hydrogen (secondary N) is 3. The third-order valence-corrected chi connectivity index (χ3v) is 6.91. The predicted octanol–water partition coefficient (Wildman–Crippen LogP) is 3.66. The Labute approximate surface area is 182 Å². The second-order valence-corrected chi connectivity index (χ2v) is 8.87. The molecule has 6 heteroatoms. The number of benzene rings is 2. The van der Waals surface area contributed by atoms with Gasteiger partial charge in [-0.1, -0.05) is 30.3 Å². The lowest BCUT2D eigenvalue weighted by Crippen LogP contribution is -2.48. The van der Waals surface area contributed by atoms with Gasteiger partial charge in [-0.3, -0.25) is 10.1 Å². The topological polar surface area (TPSA) is 77.2 Å². The normalized spacial score (nSPS) is 22.7. The third-order valence-electron chi connectivity index (χ3n) is 6.91. The molecule has 3 amide bonds. The van der Waals surface area contributed by atoms with Crippen LogP contribution in [0.25, 0.3) is 10.9 Å². The monoisotopic (exact) mass is 416 g/mol. The van der Waals surface area contributed by atoms with E-state index in [2.05, 4.69) is 52.0 Å². The van der Waals surface area contributed by atoms with Crippen LogP contribution in [0.4, 0.5) is 4.79 Å². The number of imide groups is 1. The first-order valence-corrected chi connectivity index (χ1v) is 11.0. The number of nitrogens with zero attached hydrogens (tertiary/aromatic N) is 1. The van der Waals surface area contributed by atoms with Crippen LogP contribution < -0.4 is 10.6 Å². The van der Waals surface area contributed by atoms with Crippen molar-refractivity contribution in [1.82, 2.24) is 20.5 Å². The molecule has 1 aliphatic carbocycles. The molecule has 31 heavy (non-hydrogen) atoms. The molecule has 160 valence electrons. The first-order valence-electron chi connectivity index (χ1n) is 11.0. The summed E-state index contributed by atoms with van der Waals surface area (Å²) in [5.41, 5.74) is 4.60. The molecule has 2 aromatic carbocycles. The molecule has 3 atom stereocenters. The van der Waals surface area contributed by atoms with Gasteiger partial charge in [-0.25, -0.2) is 4.79 Å². The Morgan fingerprint density at radius 1 is 1.13 bits per heavy atom. The van der Waals surface area contributed by atoms with E-state index in [1.807, 2.05) is 6.07 Å². The zero-order valence-corrected chi connectivity index (χ0v) is 17.7. The summed E-state index contributed by atoms with van der Waals surface area (Å²) in [4.78, 5) is 30.2. The van der Waals surface area contributed by atoms with Gasteiger partial charge in [0, 0.05) is 47.7 Å². The molecule has 5 rings (SSSR count). The first-order chi connectivity index (χ1) is 15.1. The highest BCUT2D eigenvalue weighted by molar-refractivity contribution is 6.04. The van der Waals surface area contributed by atoms with Gasteiger partial charge in [0.25, 0.3) is 5.91 Å². The maximum absolute atomic E-state index is 12.1. The smallest absolute Gasteiger partial charge is 0.321 e. The number of carbonyl (C=O) groups excluding carboxylic acids is 2. The molecule has 0 radical (unpaired) electrons. The number of hydrogen-bond acceptors (Lipinski definition) is 3. The van der Waals surface area contributed by atoms with Gasteiger partial charge in [0.1, 0.15) is 0 Å². The minimum absolute atomic E-state index is 0.379. The Morgan fingerprint density at radius 2 is 1.97 bits per heavy atom. The Balaban J connectivity index is 1.19. The van der Waals surface area contributed by atoms with E-state index in [0.29, 0.717) is 30.0 Å². The van der Waals surface area contributed by atoms with Gasteiger partial charge >= 0.3 is 6.03 Å². The van der Waals surface area contributed by atoms with Gasteiger partial charge in [0.05, 0.1) is 0 Å². The van der Waals surface area contributed by atoms with Crippen molar-refractivity contribution in [2.24, 2.45) is 5.92 Å². The molecular formula is C25H28N4O2. The van der Waals surface area contributed by atoms with Crippen LogP contribution in [-0.2, 0) is 6.42 Å². The molecule has 0 unspecified atom stereocenters. The Hall–Kier alpha value is -3.12. The number of fused-ring (bicyclic) bond motifs is 2. The van der Waals surface area contributed by atoms with Crippen molar-refractivity contribution in [2.45, 2.75) is 31.2 Å². The van der Waals surface area contributed by atoms with Gasteiger partial charge < -0.3 is 15.2 Å². The molecule has 1 aliphatic heterocycles. The lowest BCUT2D eigenvalue weighted by Gasteiger charge is -2.45. The fraction of sp³-hybridized carbons (Fsp3) is 0.360. The van der Waals surface area contributed by atoms with Crippen molar-refractivity contribution in [1.29, 1.82) is 0 Å². The minimum atomic E-state index is -0.435. The lowest BCUT2D eigenvalue weighted by molar-refractivity contribution is 0.0962. The number of aromatic amines is 1. The highest BCUT2D eigenvalue weighted by atomic mass is 16.2. The summed E-state index contributed by atoms with van der Waals surface area (Å²) in [5.74, 6) is 0.646. The van der Waals surface area contributed by atoms with Gasteiger partial charge in [0.15, 0.2) is 0 Å². The van der Waals surface area contributed by atoms with Crippen LogP contribution in [0.5, 0.6) is 0 Å². The second-order valence-electron chi connectivity index (χ2n) is 8.87. The highest BCUT2D eigenvalue weighted by Crippen LogP contribution is 2.44. The van der Waals surface area contributed by atoms with Crippen LogP contribution in [0.1, 0.15) is 40.2 Å². The number of rotatable bonds is 4. The summed E-state index contributed by atoms with van der Waals surface area (Å²) in [7, 11) is 2.22. The number of piperidine rings is 1. The molecule has 1 saturated heterocycles. The molecule has 1 fully saturated rings. The zero-order valence-electron chi connectivity index (χ0n) is 17.7. The van der Waals surface area contributed by atoms with E-state index in [0.717, 1.165) is 25.8 Å². The van der Waals surface area contributed by atoms with Gasteiger partial charge in [-0.05, 0) is 61.6 Å². The van der Waals surface area contributed by atoms with Crippen molar-refractivity contribution in [2.75, 3.05) is 20.1 Å². The molecule has 6 nitrogen and oxygen atoms in total. The van der Waals surface area contributed by atoms with Gasteiger partial charge in [-0.2, -0.15) is 0 Å². The van der Waals surface area contributed by atoms with Crippen molar-refractivity contribution >= 4 is 22.8 Å². The van der Waals surface area contributed by atoms with Gasteiger partial charge in [-0.15, -0.1) is 0 Å². The van der Waals surface area contributed by atoms with Crippen molar-refractivity contribution in [3.63, 3.8) is 0 Å². The number of urea groups is 1. The SMILES string of the molecule is CN1C[C@H](CCNC(=O)NC(=O)c2ccccc2)C[C@@H]2c3cccc4[nH]cc(c34)C[C@H]21. The predicted molar refractivity (Wildman–Crippen MR) is 121 cm³/mol. The Morgan fingerprint density at radius 3 is 2.81 bits per heavy atom. The van der Waals surface area contributed by atoms with Crippen molar-refractivity contribution in [3.05, 3.63) is 71.4 Å². The van der Waals surface area contributed by atoms with Crippen LogP contribution in [0, 0.1) is 5.92 Å². The van der Waals surface area contributed by atoms with E-state index in [1.54, 1.807) is 24.3 Å². The third kappa shape index (κ3) is 3.83. The van der Waals surface area contributed by atoms with Crippen molar-refractivity contribution in [3.8, 4) is 0 Å². The van der Waals surface area contributed by atoms with Crippen LogP contribution in [0.3, 0.4) is 0 Å². The number of hydrogen-bond donors (Lipinski definition) is 3. The number of amides is 3. The Kier molecular flexibility index (Phi) is 5.24. The van der Waals surface area contributed by atoms with Crippen LogP contribution in [-0.4, -0.2) is 48.0 Å². The van der Waals surface area contributed by atoms with Crippen LogP contribution >= 0.6 is 0 Å². The summed E-state index contributed by atoms with van der Waals surface area (Å²) in [6.45, 7) is 1.59. The molecule has 2 heterocycles. The van der Waals surface area contributed by atoms with Crippen LogP contribution in [0.15, 0.2) is 54.7 Å². The fourth-order valence-corrected chi connectivity index (χ4v) is 5.46. The van der Waals surface area contributed by atoms with E-state index in [1.165, 1.54) is 22.0 Å². The maximum Gasteiger partial charge on any atom is 0.321 e. The molecule has 2 aliphatic rings. The summed E-state index contributed by atoms with van der Waals surface area (Å²) < 4.78 is 0. The fourth-order valence-electron chi connectivity index (χ4n) is 5.46. The summed E-state index contributed by atoms with van der Waals surface area (Å²) in [6.07, 6.45) is 5.29. The van der Waals surface area contributed by atoms with Gasteiger partial charge in [0.2, 0.25) is 0 Å². The van der Waals surface area contributed by atoms with Crippen molar-refractivity contribution < 1.29 is 9.59 Å². The van der Waals surface area contributed by atoms with E-state index in [-0.39, 0.29) is 5.91 Å². The number of likely N-dealkylation sites (tertiary alicyclic amines) is 1. The number of H-pyrrole nitrogens is 1. The maximum atomic E-state index is 12.1. The largest absolute Gasteiger partial charge is 0.361 e. The van der Waals surface area contributed by atoms with E-state index < -0.39 is 6.03 Å². The zero-order chi connectivity index (χ0) is 21.4.